The summed E-state index contributed by atoms with van der Waals surface area (Å²) in [6.45, 7) is 0. The molecule has 0 atom stereocenters. The number of anilines is 1. The van der Waals surface area contributed by atoms with E-state index >= 15 is 0 Å². The topological polar surface area (TPSA) is 89.1 Å². The zero-order valence-electron chi connectivity index (χ0n) is 8.89. The van der Waals surface area contributed by atoms with Gasteiger partial charge in [0.1, 0.15) is 5.69 Å². The van der Waals surface area contributed by atoms with Crippen LogP contribution in [0.2, 0.25) is 5.15 Å². The lowest BCUT2D eigenvalue weighted by molar-refractivity contribution is 0.0691. The summed E-state index contributed by atoms with van der Waals surface area (Å²) >= 11 is 9.22. The van der Waals surface area contributed by atoms with E-state index in [0.29, 0.717) is 5.56 Å². The van der Waals surface area contributed by atoms with E-state index in [9.17, 15) is 4.79 Å². The predicted octanol–water partition coefficient (Wildman–Crippen LogP) is 2.84. The number of hydrogen-bond acceptors (Lipinski definition) is 4. The van der Waals surface area contributed by atoms with Crippen molar-refractivity contribution < 1.29 is 9.90 Å². The summed E-state index contributed by atoms with van der Waals surface area (Å²) in [6, 6.07) is 7.10. The number of benzene rings is 1. The van der Waals surface area contributed by atoms with Crippen molar-refractivity contribution in [1.29, 1.82) is 0 Å². The number of carbonyl (C=O) groups is 1. The molecule has 0 fully saturated rings. The average molecular weight is 329 g/mol. The molecule has 0 saturated heterocycles. The fraction of sp³-hybridized carbons (Fsp3) is 0. The van der Waals surface area contributed by atoms with Crippen molar-refractivity contribution in [3.05, 3.63) is 39.6 Å². The van der Waals surface area contributed by atoms with Crippen LogP contribution < -0.4 is 5.73 Å². The van der Waals surface area contributed by atoms with Crippen LogP contribution in [0.25, 0.3) is 11.3 Å². The quantitative estimate of drug-likeness (QED) is 0.885. The van der Waals surface area contributed by atoms with E-state index in [-0.39, 0.29) is 22.4 Å². The van der Waals surface area contributed by atoms with E-state index in [1.165, 1.54) is 0 Å². The number of carboxylic acid groups (broad SMARTS) is 1. The lowest BCUT2D eigenvalue weighted by Crippen LogP contribution is -2.09. The molecule has 0 unspecified atom stereocenters. The Morgan fingerprint density at radius 3 is 2.44 bits per heavy atom. The highest BCUT2D eigenvalue weighted by Crippen LogP contribution is 2.27. The number of hydrogen-bond donors (Lipinski definition) is 2. The lowest BCUT2D eigenvalue weighted by atomic mass is 10.1. The molecule has 0 saturated carbocycles. The maximum absolute atomic E-state index is 10.9. The molecule has 7 heteroatoms. The van der Waals surface area contributed by atoms with Gasteiger partial charge in [-0.15, -0.1) is 0 Å². The Morgan fingerprint density at radius 2 is 1.89 bits per heavy atom. The van der Waals surface area contributed by atoms with Gasteiger partial charge in [-0.1, -0.05) is 39.7 Å². The summed E-state index contributed by atoms with van der Waals surface area (Å²) in [5, 5.41) is 9.01. The van der Waals surface area contributed by atoms with E-state index in [2.05, 4.69) is 25.9 Å². The first kappa shape index (κ1) is 12.8. The number of carboxylic acids is 1. The number of nitrogens with two attached hydrogens (primary N) is 1. The number of rotatable bonds is 2. The van der Waals surface area contributed by atoms with Gasteiger partial charge in [-0.05, 0) is 12.1 Å². The summed E-state index contributed by atoms with van der Waals surface area (Å²) in [4.78, 5) is 18.7. The van der Waals surface area contributed by atoms with Crippen LogP contribution in [-0.4, -0.2) is 21.0 Å². The maximum Gasteiger partial charge on any atom is 0.358 e. The van der Waals surface area contributed by atoms with Gasteiger partial charge in [0.2, 0.25) is 0 Å². The molecule has 5 nitrogen and oxygen atoms in total. The van der Waals surface area contributed by atoms with Gasteiger partial charge >= 0.3 is 5.97 Å². The monoisotopic (exact) mass is 327 g/mol. The molecule has 0 aliphatic carbocycles. The summed E-state index contributed by atoms with van der Waals surface area (Å²) < 4.78 is 0.893. The van der Waals surface area contributed by atoms with Crippen LogP contribution in [0.3, 0.4) is 0 Å². The van der Waals surface area contributed by atoms with Crippen LogP contribution in [-0.2, 0) is 0 Å². The van der Waals surface area contributed by atoms with Crippen LogP contribution in [0.4, 0.5) is 5.82 Å². The molecule has 92 valence electrons. The number of nitrogen functional groups attached to an aromatic ring is 1. The molecule has 2 rings (SSSR count). The van der Waals surface area contributed by atoms with Crippen LogP contribution in [0.5, 0.6) is 0 Å². The van der Waals surface area contributed by atoms with Gasteiger partial charge in [0.05, 0.1) is 0 Å². The normalized spacial score (nSPS) is 10.3. The summed E-state index contributed by atoms with van der Waals surface area (Å²) in [7, 11) is 0. The fourth-order valence-electron chi connectivity index (χ4n) is 1.38. The minimum Gasteiger partial charge on any atom is -0.476 e. The number of aromatic carboxylic acids is 1. The summed E-state index contributed by atoms with van der Waals surface area (Å²) in [6.07, 6.45) is 0. The van der Waals surface area contributed by atoms with E-state index in [1.807, 2.05) is 0 Å². The number of aromatic nitrogens is 2. The molecule has 1 aromatic carbocycles. The second-order valence-corrected chi connectivity index (χ2v) is 4.68. The number of halogens is 2. The smallest absolute Gasteiger partial charge is 0.358 e. The second-order valence-electron chi connectivity index (χ2n) is 3.41. The Kier molecular flexibility index (Phi) is 3.49. The van der Waals surface area contributed by atoms with E-state index < -0.39 is 5.97 Å². The lowest BCUT2D eigenvalue weighted by Gasteiger charge is -2.06. The molecule has 0 aliphatic heterocycles. The first-order valence-corrected chi connectivity index (χ1v) is 5.98. The largest absolute Gasteiger partial charge is 0.476 e. The molecular formula is C11H7BrClN3O2. The second kappa shape index (κ2) is 4.91. The van der Waals surface area contributed by atoms with Gasteiger partial charge in [0, 0.05) is 10.0 Å². The van der Waals surface area contributed by atoms with Gasteiger partial charge < -0.3 is 10.8 Å². The molecule has 0 amide bonds. The van der Waals surface area contributed by atoms with E-state index in [1.54, 1.807) is 24.3 Å². The molecule has 1 aromatic heterocycles. The Hall–Kier alpha value is -1.66. The zero-order chi connectivity index (χ0) is 13.3. The Balaban J connectivity index is 2.60. The van der Waals surface area contributed by atoms with Crippen molar-refractivity contribution in [1.82, 2.24) is 9.97 Å². The molecule has 0 aliphatic rings. The zero-order valence-corrected chi connectivity index (χ0v) is 11.2. The van der Waals surface area contributed by atoms with Gasteiger partial charge in [-0.2, -0.15) is 0 Å². The van der Waals surface area contributed by atoms with Gasteiger partial charge in [-0.25, -0.2) is 14.8 Å². The van der Waals surface area contributed by atoms with Crippen molar-refractivity contribution >= 4 is 39.3 Å². The molecular weight excluding hydrogens is 321 g/mol. The van der Waals surface area contributed by atoms with Gasteiger partial charge in [0.25, 0.3) is 0 Å². The highest BCUT2D eigenvalue weighted by Gasteiger charge is 2.16. The Labute approximate surface area is 116 Å². The third-order valence-electron chi connectivity index (χ3n) is 2.20. The van der Waals surface area contributed by atoms with Crippen molar-refractivity contribution in [3.8, 4) is 11.3 Å². The van der Waals surface area contributed by atoms with E-state index in [0.717, 1.165) is 4.47 Å². The van der Waals surface area contributed by atoms with Crippen LogP contribution >= 0.6 is 27.5 Å². The predicted molar refractivity (Wildman–Crippen MR) is 71.5 cm³/mol. The molecule has 18 heavy (non-hydrogen) atoms. The summed E-state index contributed by atoms with van der Waals surface area (Å²) in [5.41, 5.74) is 6.09. The third kappa shape index (κ3) is 2.44. The minimum absolute atomic E-state index is 0.0693. The Bertz CT molecular complexity index is 616. The first-order valence-electron chi connectivity index (χ1n) is 4.81. The van der Waals surface area contributed by atoms with Crippen molar-refractivity contribution in [2.75, 3.05) is 5.73 Å². The standard InChI is InChI=1S/C11H7BrClN3O2/c12-6-3-1-5(2-4-6)7-9(13)16-10(14)8(15-7)11(17)18/h1-4H,(H2,14,16)(H,17,18). The average Bonchev–Trinajstić information content (AvgIpc) is 2.30. The third-order valence-corrected chi connectivity index (χ3v) is 2.99. The van der Waals surface area contributed by atoms with Crippen LogP contribution in [0.15, 0.2) is 28.7 Å². The maximum atomic E-state index is 10.9. The van der Waals surface area contributed by atoms with Crippen molar-refractivity contribution in [2.45, 2.75) is 0 Å². The van der Waals surface area contributed by atoms with Gasteiger partial charge in [0.15, 0.2) is 16.7 Å². The molecule has 2 aromatic rings. The molecule has 0 bridgehead atoms. The highest BCUT2D eigenvalue weighted by molar-refractivity contribution is 9.10. The van der Waals surface area contributed by atoms with E-state index in [4.69, 9.17) is 22.4 Å². The first-order chi connectivity index (χ1) is 8.49. The van der Waals surface area contributed by atoms with Gasteiger partial charge in [-0.3, -0.25) is 0 Å². The van der Waals surface area contributed by atoms with Crippen molar-refractivity contribution in [3.63, 3.8) is 0 Å². The highest BCUT2D eigenvalue weighted by atomic mass is 79.9. The Morgan fingerprint density at radius 1 is 1.28 bits per heavy atom. The number of nitrogens with zero attached hydrogens (tertiary/aromatic N) is 2. The fourth-order valence-corrected chi connectivity index (χ4v) is 1.88. The molecule has 0 radical (unpaired) electrons. The van der Waals surface area contributed by atoms with Crippen molar-refractivity contribution in [2.24, 2.45) is 0 Å². The van der Waals surface area contributed by atoms with Crippen LogP contribution in [0.1, 0.15) is 10.5 Å². The molecule has 1 heterocycles. The molecule has 3 N–H and O–H groups in total. The molecule has 0 spiro atoms. The summed E-state index contributed by atoms with van der Waals surface area (Å²) in [5.74, 6) is -1.44. The SMILES string of the molecule is Nc1nc(Cl)c(-c2ccc(Br)cc2)nc1C(=O)O. The van der Waals surface area contributed by atoms with Crippen LogP contribution in [0, 0.1) is 0 Å². The minimum atomic E-state index is -1.24.